The van der Waals surface area contributed by atoms with Crippen molar-refractivity contribution in [1.82, 2.24) is 10.4 Å². The van der Waals surface area contributed by atoms with E-state index in [2.05, 4.69) is 5.43 Å². The Kier molecular flexibility index (Phi) is 6.00. The molecule has 0 spiro atoms. The monoisotopic (exact) mass is 420 g/mol. The van der Waals surface area contributed by atoms with Crippen LogP contribution in [0.3, 0.4) is 0 Å². The molecule has 2 N–H and O–H groups in total. The number of carbonyl (C=O) groups excluding carboxylic acids is 2. The largest absolute Gasteiger partial charge is 0.508 e. The van der Waals surface area contributed by atoms with Crippen LogP contribution in [0.4, 0.5) is 0 Å². The van der Waals surface area contributed by atoms with E-state index in [-0.39, 0.29) is 16.7 Å². The number of hydrazine groups is 1. The molecular weight excluding hydrogens is 408 g/mol. The zero-order valence-electron chi connectivity index (χ0n) is 13.7. The summed E-state index contributed by atoms with van der Waals surface area (Å²) in [5, 5.41) is 10.9. The summed E-state index contributed by atoms with van der Waals surface area (Å²) in [6.45, 7) is -0.282. The molecule has 2 amide bonds. The van der Waals surface area contributed by atoms with E-state index in [0.717, 1.165) is 22.3 Å². The van der Waals surface area contributed by atoms with E-state index in [9.17, 15) is 14.7 Å². The second-order valence-electron chi connectivity index (χ2n) is 5.39. The van der Waals surface area contributed by atoms with Crippen molar-refractivity contribution in [2.45, 2.75) is 0 Å². The first kappa shape index (κ1) is 19.2. The van der Waals surface area contributed by atoms with Crippen molar-refractivity contribution in [3.63, 3.8) is 0 Å². The lowest BCUT2D eigenvalue weighted by molar-refractivity contribution is -0.134. The summed E-state index contributed by atoms with van der Waals surface area (Å²) >= 11 is 12.0. The molecule has 1 saturated heterocycles. The van der Waals surface area contributed by atoms with E-state index in [1.165, 1.54) is 12.1 Å². The molecule has 1 heterocycles. The minimum atomic E-state index is -0.521. The smallest absolute Gasteiger partial charge is 0.285 e. The number of aromatic hydroxyl groups is 1. The van der Waals surface area contributed by atoms with Gasteiger partial charge in [-0.05, 0) is 60.3 Å². The number of nitrogens with zero attached hydrogens (tertiary/aromatic N) is 1. The third-order valence-electron chi connectivity index (χ3n) is 3.40. The molecule has 27 heavy (non-hydrogen) atoms. The Morgan fingerprint density at radius 2 is 1.89 bits per heavy atom. The second-order valence-corrected chi connectivity index (χ2v) is 7.50. The van der Waals surface area contributed by atoms with Gasteiger partial charge in [-0.3, -0.25) is 15.0 Å². The summed E-state index contributed by atoms with van der Waals surface area (Å²) in [6.07, 6.45) is 1.63. The number of hydrogen-bond donors (Lipinski definition) is 2. The fourth-order valence-corrected chi connectivity index (χ4v) is 3.43. The third kappa shape index (κ3) is 5.00. The van der Waals surface area contributed by atoms with Gasteiger partial charge >= 0.3 is 0 Å². The highest BCUT2D eigenvalue weighted by atomic mass is 35.5. The van der Waals surface area contributed by atoms with Gasteiger partial charge < -0.3 is 9.84 Å². The zero-order chi connectivity index (χ0) is 19.4. The van der Waals surface area contributed by atoms with Crippen LogP contribution in [0.5, 0.6) is 11.5 Å². The van der Waals surface area contributed by atoms with E-state index in [1.807, 2.05) is 0 Å². The molecule has 1 fully saturated rings. The van der Waals surface area contributed by atoms with Gasteiger partial charge in [0.05, 0.1) is 4.91 Å². The van der Waals surface area contributed by atoms with Crippen LogP contribution in [-0.2, 0) is 9.59 Å². The Labute approximate surface area is 169 Å². The molecule has 0 aliphatic carbocycles. The first-order valence-corrected chi connectivity index (χ1v) is 9.27. The van der Waals surface area contributed by atoms with Crippen LogP contribution in [-0.4, -0.2) is 32.9 Å². The minimum Gasteiger partial charge on any atom is -0.508 e. The number of hydrogen-bond acceptors (Lipinski definition) is 6. The highest BCUT2D eigenvalue weighted by Crippen LogP contribution is 2.31. The van der Waals surface area contributed by atoms with Crippen molar-refractivity contribution in [2.24, 2.45) is 0 Å². The molecule has 1 aliphatic heterocycles. The lowest BCUT2D eigenvalue weighted by Gasteiger charge is -2.15. The molecule has 2 aromatic carbocycles. The van der Waals surface area contributed by atoms with Gasteiger partial charge in [0.15, 0.2) is 10.9 Å². The maximum Gasteiger partial charge on any atom is 0.285 e. The number of amides is 2. The highest BCUT2D eigenvalue weighted by Gasteiger charge is 2.33. The topological polar surface area (TPSA) is 78.9 Å². The quantitative estimate of drug-likeness (QED) is 0.570. The van der Waals surface area contributed by atoms with Gasteiger partial charge in [-0.15, -0.1) is 0 Å². The number of nitrogens with one attached hydrogen (secondary N) is 1. The van der Waals surface area contributed by atoms with Crippen LogP contribution >= 0.6 is 35.6 Å². The number of carbonyl (C=O) groups is 2. The number of thioether (sulfide) groups is 1. The van der Waals surface area contributed by atoms with E-state index in [0.29, 0.717) is 15.7 Å². The molecule has 0 saturated carbocycles. The second kappa shape index (κ2) is 8.43. The van der Waals surface area contributed by atoms with Crippen LogP contribution in [0.25, 0.3) is 6.08 Å². The Balaban J connectivity index is 1.60. The van der Waals surface area contributed by atoms with E-state index in [4.69, 9.17) is 28.6 Å². The van der Waals surface area contributed by atoms with Crippen molar-refractivity contribution >= 4 is 57.8 Å². The number of ether oxygens (including phenoxy) is 1. The summed E-state index contributed by atoms with van der Waals surface area (Å²) in [6, 6.07) is 12.9. The molecule has 0 radical (unpaired) electrons. The van der Waals surface area contributed by atoms with Crippen molar-refractivity contribution in [2.75, 3.05) is 6.61 Å². The molecule has 1 aliphatic rings. The van der Waals surface area contributed by atoms with Crippen molar-refractivity contribution in [3.05, 3.63) is 64.0 Å². The fourth-order valence-electron chi connectivity index (χ4n) is 2.12. The van der Waals surface area contributed by atoms with Crippen molar-refractivity contribution in [1.29, 1.82) is 0 Å². The van der Waals surface area contributed by atoms with E-state index in [1.54, 1.807) is 42.5 Å². The SMILES string of the molecule is O=C(COc1ccc(Cl)cc1)NN1C(=O)C(=Cc2ccc(O)cc2)SC1=S. The Morgan fingerprint density at radius 1 is 1.22 bits per heavy atom. The van der Waals surface area contributed by atoms with Gasteiger partial charge in [0, 0.05) is 5.02 Å². The standard InChI is InChI=1S/C18H13ClN2O4S2/c19-12-3-7-14(8-4-12)25-10-16(23)20-21-17(24)15(27-18(21)26)9-11-1-5-13(22)6-2-11/h1-9,22H,10H2,(H,20,23). The third-order valence-corrected chi connectivity index (χ3v) is 4.96. The van der Waals surface area contributed by atoms with Gasteiger partial charge in [0.25, 0.3) is 11.8 Å². The number of benzene rings is 2. The summed E-state index contributed by atoms with van der Waals surface area (Å²) < 4.78 is 5.55. The summed E-state index contributed by atoms with van der Waals surface area (Å²) in [7, 11) is 0. The zero-order valence-corrected chi connectivity index (χ0v) is 16.1. The first-order chi connectivity index (χ1) is 12.9. The predicted molar refractivity (Wildman–Crippen MR) is 108 cm³/mol. The maximum atomic E-state index is 12.5. The summed E-state index contributed by atoms with van der Waals surface area (Å²) in [5.74, 6) is -0.343. The van der Waals surface area contributed by atoms with Gasteiger partial charge in [0.1, 0.15) is 11.5 Å². The van der Waals surface area contributed by atoms with Gasteiger partial charge in [0.2, 0.25) is 0 Å². The fraction of sp³-hybridized carbons (Fsp3) is 0.0556. The van der Waals surface area contributed by atoms with Gasteiger partial charge in [-0.25, -0.2) is 0 Å². The molecule has 0 bridgehead atoms. The van der Waals surface area contributed by atoms with Gasteiger partial charge in [-0.1, -0.05) is 35.5 Å². The summed E-state index contributed by atoms with van der Waals surface area (Å²) in [4.78, 5) is 24.9. The molecule has 0 unspecified atom stereocenters. The van der Waals surface area contributed by atoms with Crippen molar-refractivity contribution < 1.29 is 19.4 Å². The molecule has 9 heteroatoms. The number of halogens is 1. The average Bonchev–Trinajstić information content (AvgIpc) is 2.90. The van der Waals surface area contributed by atoms with Crippen LogP contribution in [0.1, 0.15) is 5.56 Å². The van der Waals surface area contributed by atoms with E-state index < -0.39 is 11.8 Å². The molecule has 3 rings (SSSR count). The Hall–Kier alpha value is -2.55. The molecule has 6 nitrogen and oxygen atoms in total. The van der Waals surface area contributed by atoms with E-state index >= 15 is 0 Å². The van der Waals surface area contributed by atoms with Crippen LogP contribution in [0.15, 0.2) is 53.4 Å². The maximum absolute atomic E-state index is 12.5. The highest BCUT2D eigenvalue weighted by molar-refractivity contribution is 8.26. The molecule has 2 aromatic rings. The first-order valence-electron chi connectivity index (χ1n) is 7.67. The number of rotatable bonds is 5. The normalized spacial score (nSPS) is 15.3. The number of thiocarbonyl (C=S) groups is 1. The number of phenols is 1. The minimum absolute atomic E-state index is 0.132. The van der Waals surface area contributed by atoms with Crippen LogP contribution < -0.4 is 10.2 Å². The molecular formula is C18H13ClN2O4S2. The number of phenolic OH excluding ortho intramolecular Hbond substituents is 1. The van der Waals surface area contributed by atoms with Crippen LogP contribution in [0, 0.1) is 0 Å². The Morgan fingerprint density at radius 3 is 2.56 bits per heavy atom. The van der Waals surface area contributed by atoms with Crippen molar-refractivity contribution in [3.8, 4) is 11.5 Å². The summed E-state index contributed by atoms with van der Waals surface area (Å²) in [5.41, 5.74) is 3.16. The average molecular weight is 421 g/mol. The molecule has 0 atom stereocenters. The molecule has 138 valence electrons. The Bertz CT molecular complexity index is 914. The van der Waals surface area contributed by atoms with Gasteiger partial charge in [-0.2, -0.15) is 5.01 Å². The van der Waals surface area contributed by atoms with Crippen LogP contribution in [0.2, 0.25) is 5.02 Å². The lowest BCUT2D eigenvalue weighted by Crippen LogP contribution is -2.46. The lowest BCUT2D eigenvalue weighted by atomic mass is 10.2. The molecule has 0 aromatic heterocycles. The predicted octanol–water partition coefficient (Wildman–Crippen LogP) is 3.36.